The number of hydrogen-bond donors (Lipinski definition) is 1. The molecule has 0 bridgehead atoms. The van der Waals surface area contributed by atoms with Crippen molar-refractivity contribution < 1.29 is 4.74 Å². The third-order valence-electron chi connectivity index (χ3n) is 5.10. The van der Waals surface area contributed by atoms with E-state index in [0.717, 1.165) is 41.2 Å². The lowest BCUT2D eigenvalue weighted by Crippen LogP contribution is -2.18. The quantitative estimate of drug-likeness (QED) is 0.754. The van der Waals surface area contributed by atoms with Gasteiger partial charge >= 0.3 is 0 Å². The SMILES string of the molecule is COc1cc(-c2cc(-c3cnn(C)c3)nc(N)c2C#N)ccc1N1CCCC1. The Labute approximate surface area is 164 Å². The van der Waals surface area contributed by atoms with Crippen LogP contribution in [-0.2, 0) is 7.05 Å². The monoisotopic (exact) mass is 374 g/mol. The standard InChI is InChI=1S/C21H22N6O/c1-26-13-15(12-24-26)18-10-16(17(11-22)21(23)25-18)14-5-6-19(20(9-14)28-2)27-7-3-4-8-27/h5-6,9-10,12-13H,3-4,7-8H2,1-2H3,(H2,23,25). The summed E-state index contributed by atoms with van der Waals surface area (Å²) in [5.41, 5.74) is 10.7. The van der Waals surface area contributed by atoms with Crippen LogP contribution in [0.3, 0.4) is 0 Å². The van der Waals surface area contributed by atoms with Gasteiger partial charge in [0.15, 0.2) is 0 Å². The van der Waals surface area contributed by atoms with Crippen LogP contribution in [0.15, 0.2) is 36.7 Å². The number of nitrogen functional groups attached to an aromatic ring is 1. The summed E-state index contributed by atoms with van der Waals surface area (Å²) in [5.74, 6) is 1.00. The number of ether oxygens (including phenoxy) is 1. The Balaban J connectivity index is 1.83. The van der Waals surface area contributed by atoms with E-state index in [-0.39, 0.29) is 5.82 Å². The molecule has 1 aliphatic heterocycles. The Bertz CT molecular complexity index is 1060. The van der Waals surface area contributed by atoms with Crippen molar-refractivity contribution >= 4 is 11.5 Å². The summed E-state index contributed by atoms with van der Waals surface area (Å²) in [7, 11) is 3.52. The molecule has 0 atom stereocenters. The first-order chi connectivity index (χ1) is 13.6. The van der Waals surface area contributed by atoms with Crippen molar-refractivity contribution in [3.63, 3.8) is 0 Å². The second kappa shape index (κ2) is 7.24. The van der Waals surface area contributed by atoms with Crippen molar-refractivity contribution in [2.75, 3.05) is 30.8 Å². The van der Waals surface area contributed by atoms with Gasteiger partial charge in [-0.1, -0.05) is 6.07 Å². The molecular formula is C21H22N6O. The topological polar surface area (TPSA) is 93.0 Å². The number of aromatic nitrogens is 3. The summed E-state index contributed by atoms with van der Waals surface area (Å²) >= 11 is 0. The molecule has 4 rings (SSSR count). The minimum atomic E-state index is 0.210. The molecular weight excluding hydrogens is 352 g/mol. The van der Waals surface area contributed by atoms with E-state index in [1.54, 1.807) is 18.0 Å². The van der Waals surface area contributed by atoms with Gasteiger partial charge in [-0.05, 0) is 36.6 Å². The largest absolute Gasteiger partial charge is 0.495 e. The zero-order valence-electron chi connectivity index (χ0n) is 16.0. The van der Waals surface area contributed by atoms with Crippen molar-refractivity contribution in [1.82, 2.24) is 14.8 Å². The summed E-state index contributed by atoms with van der Waals surface area (Å²) in [4.78, 5) is 6.73. The number of methoxy groups -OCH3 is 1. The van der Waals surface area contributed by atoms with Gasteiger partial charge in [0.1, 0.15) is 23.2 Å². The molecule has 28 heavy (non-hydrogen) atoms. The van der Waals surface area contributed by atoms with Crippen molar-refractivity contribution in [3.8, 4) is 34.2 Å². The highest BCUT2D eigenvalue weighted by Gasteiger charge is 2.19. The number of nitrogens with two attached hydrogens (primary N) is 1. The van der Waals surface area contributed by atoms with E-state index in [9.17, 15) is 5.26 Å². The molecule has 0 spiro atoms. The first-order valence-electron chi connectivity index (χ1n) is 9.23. The molecule has 2 aromatic heterocycles. The molecule has 0 unspecified atom stereocenters. The first-order valence-corrected chi connectivity index (χ1v) is 9.23. The Morgan fingerprint density at radius 3 is 2.61 bits per heavy atom. The Morgan fingerprint density at radius 2 is 1.96 bits per heavy atom. The molecule has 3 heterocycles. The highest BCUT2D eigenvalue weighted by Crippen LogP contribution is 2.37. The van der Waals surface area contributed by atoms with Gasteiger partial charge in [0.25, 0.3) is 0 Å². The second-order valence-corrected chi connectivity index (χ2v) is 6.91. The van der Waals surface area contributed by atoms with Crippen molar-refractivity contribution in [2.24, 2.45) is 7.05 Å². The Hall–Kier alpha value is -3.53. The maximum Gasteiger partial charge on any atom is 0.142 e. The fourth-order valence-corrected chi connectivity index (χ4v) is 3.68. The number of aryl methyl sites for hydroxylation is 1. The van der Waals surface area contributed by atoms with Crippen molar-refractivity contribution in [3.05, 3.63) is 42.2 Å². The maximum absolute atomic E-state index is 9.65. The number of nitrogens with zero attached hydrogens (tertiary/aromatic N) is 5. The van der Waals surface area contributed by atoms with Crippen molar-refractivity contribution in [2.45, 2.75) is 12.8 Å². The average molecular weight is 374 g/mol. The van der Waals surface area contributed by atoms with Gasteiger partial charge in [-0.3, -0.25) is 4.68 Å². The number of anilines is 2. The maximum atomic E-state index is 9.65. The normalized spacial score (nSPS) is 13.5. The van der Waals surface area contributed by atoms with E-state index in [1.807, 2.05) is 31.4 Å². The molecule has 1 saturated heterocycles. The molecule has 7 nitrogen and oxygen atoms in total. The molecule has 0 amide bonds. The highest BCUT2D eigenvalue weighted by molar-refractivity contribution is 5.82. The summed E-state index contributed by atoms with van der Waals surface area (Å²) in [6, 6.07) is 10.1. The molecule has 0 radical (unpaired) electrons. The minimum Gasteiger partial charge on any atom is -0.495 e. The lowest BCUT2D eigenvalue weighted by Gasteiger charge is -2.21. The van der Waals surface area contributed by atoms with E-state index in [0.29, 0.717) is 11.3 Å². The predicted octanol–water partition coefficient (Wildman–Crippen LogP) is 3.21. The van der Waals surface area contributed by atoms with Gasteiger partial charge in [0.2, 0.25) is 0 Å². The molecule has 1 aromatic carbocycles. The second-order valence-electron chi connectivity index (χ2n) is 6.91. The van der Waals surface area contributed by atoms with Crippen LogP contribution in [0.5, 0.6) is 5.75 Å². The summed E-state index contributed by atoms with van der Waals surface area (Å²) in [6.45, 7) is 2.07. The minimum absolute atomic E-state index is 0.210. The van der Waals surface area contributed by atoms with E-state index in [4.69, 9.17) is 10.5 Å². The van der Waals surface area contributed by atoms with Gasteiger partial charge < -0.3 is 15.4 Å². The zero-order chi connectivity index (χ0) is 19.7. The van der Waals surface area contributed by atoms with Crippen LogP contribution in [0, 0.1) is 11.3 Å². The van der Waals surface area contributed by atoms with E-state index < -0.39 is 0 Å². The fraction of sp³-hybridized carbons (Fsp3) is 0.286. The first kappa shape index (κ1) is 17.9. The Morgan fingerprint density at radius 1 is 1.18 bits per heavy atom. The number of benzene rings is 1. The third-order valence-corrected chi connectivity index (χ3v) is 5.10. The predicted molar refractivity (Wildman–Crippen MR) is 109 cm³/mol. The van der Waals surface area contributed by atoms with Crippen LogP contribution in [-0.4, -0.2) is 35.0 Å². The van der Waals surface area contributed by atoms with E-state index >= 15 is 0 Å². The number of nitriles is 1. The van der Waals surface area contributed by atoms with Crippen LogP contribution in [0.2, 0.25) is 0 Å². The molecule has 2 N–H and O–H groups in total. The molecule has 1 aliphatic rings. The molecule has 1 fully saturated rings. The summed E-state index contributed by atoms with van der Waals surface area (Å²) in [6.07, 6.45) is 5.99. The van der Waals surface area contributed by atoms with E-state index in [1.165, 1.54) is 12.8 Å². The fourth-order valence-electron chi connectivity index (χ4n) is 3.68. The van der Waals surface area contributed by atoms with Crippen LogP contribution >= 0.6 is 0 Å². The lowest BCUT2D eigenvalue weighted by atomic mass is 9.98. The van der Waals surface area contributed by atoms with Crippen LogP contribution in [0.25, 0.3) is 22.4 Å². The van der Waals surface area contributed by atoms with Crippen LogP contribution in [0.1, 0.15) is 18.4 Å². The zero-order valence-corrected chi connectivity index (χ0v) is 16.0. The molecule has 0 aliphatic carbocycles. The number of rotatable bonds is 4. The number of pyridine rings is 1. The van der Waals surface area contributed by atoms with Crippen LogP contribution < -0.4 is 15.4 Å². The van der Waals surface area contributed by atoms with Gasteiger partial charge in [0.05, 0.1) is 24.7 Å². The number of hydrogen-bond acceptors (Lipinski definition) is 6. The summed E-state index contributed by atoms with van der Waals surface area (Å²) in [5, 5.41) is 13.8. The smallest absolute Gasteiger partial charge is 0.142 e. The van der Waals surface area contributed by atoms with Crippen LogP contribution in [0.4, 0.5) is 11.5 Å². The average Bonchev–Trinajstić information content (AvgIpc) is 3.38. The highest BCUT2D eigenvalue weighted by atomic mass is 16.5. The third kappa shape index (κ3) is 3.14. The van der Waals surface area contributed by atoms with Gasteiger partial charge in [0, 0.05) is 37.5 Å². The summed E-state index contributed by atoms with van der Waals surface area (Å²) < 4.78 is 7.36. The van der Waals surface area contributed by atoms with Gasteiger partial charge in [-0.15, -0.1) is 0 Å². The molecule has 7 heteroatoms. The van der Waals surface area contributed by atoms with E-state index in [2.05, 4.69) is 27.1 Å². The van der Waals surface area contributed by atoms with Crippen molar-refractivity contribution in [1.29, 1.82) is 5.26 Å². The Kier molecular flexibility index (Phi) is 4.62. The molecule has 0 saturated carbocycles. The van der Waals surface area contributed by atoms with Gasteiger partial charge in [-0.25, -0.2) is 4.98 Å². The molecule has 3 aromatic rings. The van der Waals surface area contributed by atoms with Gasteiger partial charge in [-0.2, -0.15) is 10.4 Å². The molecule has 142 valence electrons. The lowest BCUT2D eigenvalue weighted by molar-refractivity contribution is 0.415.